The molecule has 3 unspecified atom stereocenters. The average molecular weight is 561 g/mol. The Kier molecular flexibility index (Phi) is 6.33. The van der Waals surface area contributed by atoms with Gasteiger partial charge in [-0.1, -0.05) is 43.7 Å². The Balaban J connectivity index is 1.22. The fourth-order valence-electron chi connectivity index (χ4n) is 6.59. The minimum Gasteiger partial charge on any atom is -0.492 e. The summed E-state index contributed by atoms with van der Waals surface area (Å²) < 4.78 is 5.93. The maximum atomic E-state index is 13.6. The van der Waals surface area contributed by atoms with Crippen LogP contribution in [0.4, 0.5) is 0 Å². The summed E-state index contributed by atoms with van der Waals surface area (Å²) in [6.45, 7) is 6.96. The van der Waals surface area contributed by atoms with Crippen LogP contribution in [0, 0.1) is 17.7 Å². The molecule has 0 bridgehead atoms. The minimum atomic E-state index is -1.27. The first kappa shape index (κ1) is 26.9. The fourth-order valence-corrected chi connectivity index (χ4v) is 6.59. The van der Waals surface area contributed by atoms with Crippen molar-refractivity contribution in [2.24, 2.45) is 0 Å². The third-order valence-corrected chi connectivity index (χ3v) is 8.79. The van der Waals surface area contributed by atoms with Crippen molar-refractivity contribution >= 4 is 23.7 Å². The molecule has 41 heavy (non-hydrogen) atoms. The van der Waals surface area contributed by atoms with E-state index in [2.05, 4.69) is 40.4 Å². The van der Waals surface area contributed by atoms with Crippen molar-refractivity contribution < 1.29 is 19.4 Å². The quantitative estimate of drug-likeness (QED) is 0.259. The zero-order chi connectivity index (χ0) is 29.1. The number of aryl methyl sites for hydroxylation is 1. The van der Waals surface area contributed by atoms with Crippen molar-refractivity contribution in [1.82, 2.24) is 31.5 Å². The molecule has 3 saturated heterocycles. The van der Waals surface area contributed by atoms with E-state index in [-0.39, 0.29) is 42.2 Å². The average Bonchev–Trinajstić information content (AvgIpc) is 3.43. The van der Waals surface area contributed by atoms with Crippen molar-refractivity contribution in [2.45, 2.75) is 62.5 Å². The van der Waals surface area contributed by atoms with Crippen LogP contribution in [0.5, 0.6) is 5.75 Å². The Hall–Kier alpha value is -4.32. The first-order valence-electron chi connectivity index (χ1n) is 13.9. The molecule has 0 radical (unpaired) electrons. The number of nitrogens with one attached hydrogen (secondary N) is 7. The number of carbonyl (C=O) groups excluding carboxylic acids is 2. The van der Waals surface area contributed by atoms with Gasteiger partial charge in [-0.15, -0.1) is 0 Å². The molecule has 3 fully saturated rings. The Morgan fingerprint density at radius 3 is 2.71 bits per heavy atom. The van der Waals surface area contributed by atoms with Gasteiger partial charge in [-0.3, -0.25) is 20.4 Å². The molecule has 1 spiro atoms. The van der Waals surface area contributed by atoms with Gasteiger partial charge in [0.1, 0.15) is 11.9 Å². The number of para-hydroxylation sites is 1. The number of aliphatic hydroxyl groups is 1. The summed E-state index contributed by atoms with van der Waals surface area (Å²) in [4.78, 5) is 28.0. The van der Waals surface area contributed by atoms with E-state index < -0.39 is 29.9 Å². The molecule has 5 atom stereocenters. The van der Waals surface area contributed by atoms with Gasteiger partial charge in [0.2, 0.25) is 0 Å². The maximum Gasteiger partial charge on any atom is 0.255 e. The number of ether oxygens (including phenoxy) is 1. The molecule has 0 saturated carbocycles. The number of nitrogens with zero attached hydrogens (tertiary/aromatic N) is 1. The largest absolute Gasteiger partial charge is 0.492 e. The Morgan fingerprint density at radius 2 is 1.93 bits per heavy atom. The van der Waals surface area contributed by atoms with Crippen molar-refractivity contribution in [1.29, 1.82) is 10.8 Å². The van der Waals surface area contributed by atoms with Crippen molar-refractivity contribution in [3.8, 4) is 5.75 Å². The molecule has 12 nitrogen and oxygen atoms in total. The van der Waals surface area contributed by atoms with Gasteiger partial charge < -0.3 is 41.3 Å². The second-order valence-corrected chi connectivity index (χ2v) is 11.9. The predicted octanol–water partition coefficient (Wildman–Crippen LogP) is 0.359. The van der Waals surface area contributed by atoms with Crippen LogP contribution in [0.25, 0.3) is 0 Å². The van der Waals surface area contributed by atoms with Gasteiger partial charge >= 0.3 is 0 Å². The number of guanidine groups is 2. The van der Waals surface area contributed by atoms with E-state index in [1.165, 1.54) is 0 Å². The van der Waals surface area contributed by atoms with Crippen LogP contribution >= 0.6 is 0 Å². The number of aliphatic hydroxyl groups excluding tert-OH is 1. The van der Waals surface area contributed by atoms with E-state index in [1.807, 2.05) is 31.2 Å². The van der Waals surface area contributed by atoms with E-state index in [4.69, 9.17) is 15.6 Å². The number of amides is 2. The van der Waals surface area contributed by atoms with Crippen LogP contribution in [-0.2, 0) is 5.41 Å². The highest BCUT2D eigenvalue weighted by Crippen LogP contribution is 2.41. The van der Waals surface area contributed by atoms with Gasteiger partial charge in [-0.2, -0.15) is 0 Å². The first-order valence-corrected chi connectivity index (χ1v) is 13.9. The molecule has 2 aromatic carbocycles. The lowest BCUT2D eigenvalue weighted by Crippen LogP contribution is -2.78. The number of hydrogen-bond donors (Lipinski definition) is 8. The monoisotopic (exact) mass is 560 g/mol. The number of rotatable bonds is 5. The second kappa shape index (κ2) is 9.65. The summed E-state index contributed by atoms with van der Waals surface area (Å²) in [5.74, 6) is -0.0563. The number of benzene rings is 2. The molecular weight excluding hydrogens is 524 g/mol. The zero-order valence-electron chi connectivity index (χ0n) is 23.3. The van der Waals surface area contributed by atoms with E-state index in [1.54, 1.807) is 23.1 Å². The lowest BCUT2D eigenvalue weighted by atomic mass is 9.79. The SMILES string of the molecule is Cc1cccc(C(=O)NC[C@@H]2NC(=N)N3CC(NC(=O)c4cccc5c4OCCC5(C)C)[C@@H](O)C34NC(=N)NC24)c1. The molecule has 4 aliphatic heterocycles. The van der Waals surface area contributed by atoms with Crippen LogP contribution in [0.2, 0.25) is 0 Å². The van der Waals surface area contributed by atoms with E-state index in [0.717, 1.165) is 17.5 Å². The predicted molar refractivity (Wildman–Crippen MR) is 152 cm³/mol. The Bertz CT molecular complexity index is 1440. The minimum absolute atomic E-state index is 0.00898. The third-order valence-electron chi connectivity index (χ3n) is 8.79. The third kappa shape index (κ3) is 4.33. The molecule has 12 heteroatoms. The smallest absolute Gasteiger partial charge is 0.255 e. The highest BCUT2D eigenvalue weighted by Gasteiger charge is 2.66. The van der Waals surface area contributed by atoms with Crippen LogP contribution in [0.1, 0.15) is 52.1 Å². The second-order valence-electron chi connectivity index (χ2n) is 11.9. The molecule has 0 aromatic heterocycles. The van der Waals surface area contributed by atoms with Gasteiger partial charge in [0.15, 0.2) is 17.6 Å². The fraction of sp³-hybridized carbons (Fsp3) is 0.448. The molecule has 4 heterocycles. The standard InChI is InChI=1S/C29H36N8O4/c1-15-6-4-7-16(12-15)24(39)32-13-19-22-29(36-26(30)35-22)23(38)20(14-37(29)27(31)34-19)33-25(40)17-8-5-9-18-21(17)41-11-10-28(18,2)3/h4-9,12,19-20,22-23,38H,10-11,13-14H2,1-3H3,(H2,31,34)(H,32,39)(H,33,40)(H3,30,35,36)/t19-,20?,22?,23+,29?/m0/s1. The number of carbonyl (C=O) groups is 2. The van der Waals surface area contributed by atoms with Gasteiger partial charge in [0.05, 0.1) is 30.3 Å². The summed E-state index contributed by atoms with van der Waals surface area (Å²) >= 11 is 0. The van der Waals surface area contributed by atoms with Gasteiger partial charge in [0, 0.05) is 24.2 Å². The molecule has 216 valence electrons. The Labute approximate surface area is 238 Å². The maximum absolute atomic E-state index is 13.6. The van der Waals surface area contributed by atoms with Crippen LogP contribution in [0.15, 0.2) is 42.5 Å². The van der Waals surface area contributed by atoms with Gasteiger partial charge in [-0.25, -0.2) is 0 Å². The molecular formula is C29H36N8O4. The van der Waals surface area contributed by atoms with Crippen molar-refractivity contribution in [3.05, 3.63) is 64.7 Å². The van der Waals surface area contributed by atoms with Crippen LogP contribution in [-0.4, -0.2) is 83.3 Å². The van der Waals surface area contributed by atoms with Crippen LogP contribution < -0.4 is 31.3 Å². The summed E-state index contributed by atoms with van der Waals surface area (Å²) in [6.07, 6.45) is -0.335. The summed E-state index contributed by atoms with van der Waals surface area (Å²) in [5.41, 5.74) is 1.45. The number of fused-ring (bicyclic) bond motifs is 1. The Morgan fingerprint density at radius 1 is 1.15 bits per heavy atom. The number of hydrogen-bond acceptors (Lipinski definition) is 6. The van der Waals surface area contributed by atoms with Crippen LogP contribution in [0.3, 0.4) is 0 Å². The van der Waals surface area contributed by atoms with Crippen molar-refractivity contribution in [2.75, 3.05) is 19.7 Å². The highest BCUT2D eigenvalue weighted by atomic mass is 16.5. The molecule has 2 aromatic rings. The first-order chi connectivity index (χ1) is 19.5. The molecule has 6 rings (SSSR count). The van der Waals surface area contributed by atoms with Gasteiger partial charge in [0.25, 0.3) is 11.8 Å². The topological polar surface area (TPSA) is 175 Å². The van der Waals surface area contributed by atoms with Gasteiger partial charge in [-0.05, 0) is 37.0 Å². The van der Waals surface area contributed by atoms with Crippen molar-refractivity contribution in [3.63, 3.8) is 0 Å². The molecule has 8 N–H and O–H groups in total. The lowest BCUT2D eigenvalue weighted by Gasteiger charge is -2.49. The summed E-state index contributed by atoms with van der Waals surface area (Å²) in [5, 5.41) is 43.9. The normalized spacial score (nSPS) is 29.1. The van der Waals surface area contributed by atoms with E-state index in [9.17, 15) is 14.7 Å². The zero-order valence-corrected chi connectivity index (χ0v) is 23.3. The summed E-state index contributed by atoms with van der Waals surface area (Å²) in [6, 6.07) is 10.9. The molecule has 2 amide bonds. The van der Waals surface area contributed by atoms with E-state index in [0.29, 0.717) is 23.5 Å². The van der Waals surface area contributed by atoms with E-state index >= 15 is 0 Å². The highest BCUT2D eigenvalue weighted by molar-refractivity contribution is 5.98. The lowest BCUT2D eigenvalue weighted by molar-refractivity contribution is 0.00611. The molecule has 0 aliphatic carbocycles. The summed E-state index contributed by atoms with van der Waals surface area (Å²) in [7, 11) is 0. The molecule has 4 aliphatic rings.